The summed E-state index contributed by atoms with van der Waals surface area (Å²) in [6, 6.07) is 6.32. The van der Waals surface area contributed by atoms with Gasteiger partial charge in [0.1, 0.15) is 17.4 Å². The van der Waals surface area contributed by atoms with Crippen molar-refractivity contribution in [3.63, 3.8) is 0 Å². The average molecular weight is 364 g/mol. The lowest BCUT2D eigenvalue weighted by atomic mass is 10.1. The molecule has 0 spiro atoms. The van der Waals surface area contributed by atoms with Crippen LogP contribution in [0, 0.1) is 0 Å². The van der Waals surface area contributed by atoms with E-state index in [1.54, 1.807) is 24.3 Å². The van der Waals surface area contributed by atoms with Crippen molar-refractivity contribution in [2.24, 2.45) is 0 Å². The third kappa shape index (κ3) is 3.85. The number of sulfonamides is 1. The van der Waals surface area contributed by atoms with Crippen LogP contribution in [-0.4, -0.2) is 35.8 Å². The van der Waals surface area contributed by atoms with E-state index in [0.717, 1.165) is 18.1 Å². The first kappa shape index (κ1) is 17.9. The van der Waals surface area contributed by atoms with E-state index in [0.29, 0.717) is 25.3 Å². The number of nitrogens with one attached hydrogen (secondary N) is 1. The van der Waals surface area contributed by atoms with Crippen LogP contribution >= 0.6 is 0 Å². The molecule has 2 heterocycles. The van der Waals surface area contributed by atoms with Crippen LogP contribution in [0.4, 0.5) is 0 Å². The second kappa shape index (κ2) is 7.13. The van der Waals surface area contributed by atoms with E-state index >= 15 is 0 Å². The number of hydrogen-bond donors (Lipinski definition) is 1. The lowest BCUT2D eigenvalue weighted by Crippen LogP contribution is -2.41. The Morgan fingerprint density at radius 2 is 2.00 bits per heavy atom. The third-order valence-electron chi connectivity index (χ3n) is 4.26. The molecule has 0 unspecified atom stereocenters. The molecule has 1 aromatic carbocycles. The molecule has 0 radical (unpaired) electrons. The zero-order chi connectivity index (χ0) is 18.0. The summed E-state index contributed by atoms with van der Waals surface area (Å²) in [5.41, 5.74) is 0. The first-order chi connectivity index (χ1) is 11.9. The summed E-state index contributed by atoms with van der Waals surface area (Å²) in [6.07, 6.45) is 1.43. The fourth-order valence-electron chi connectivity index (χ4n) is 3.04. The zero-order valence-electron chi connectivity index (χ0n) is 14.8. The molecule has 0 saturated heterocycles. The maximum Gasteiger partial charge on any atom is 0.240 e. The molecule has 1 aromatic heterocycles. The molecular formula is C17H24N4O3S. The SMILES string of the molecule is CCOc1ccc(S(=O)(=O)N[C@@H]2CCc3nnc(C(C)C)n3C2)cc1. The molecule has 0 saturated carbocycles. The first-order valence-electron chi connectivity index (χ1n) is 8.58. The number of benzene rings is 1. The van der Waals surface area contributed by atoms with Crippen molar-refractivity contribution < 1.29 is 13.2 Å². The minimum absolute atomic E-state index is 0.169. The predicted molar refractivity (Wildman–Crippen MR) is 94.2 cm³/mol. The lowest BCUT2D eigenvalue weighted by molar-refractivity contribution is 0.340. The van der Waals surface area contributed by atoms with Crippen LogP contribution in [0.5, 0.6) is 5.75 Å². The van der Waals surface area contributed by atoms with Crippen LogP contribution in [0.2, 0.25) is 0 Å². The van der Waals surface area contributed by atoms with Gasteiger partial charge in [-0.05, 0) is 37.6 Å². The van der Waals surface area contributed by atoms with Crippen molar-refractivity contribution in [1.29, 1.82) is 0 Å². The van der Waals surface area contributed by atoms with Crippen molar-refractivity contribution >= 4 is 10.0 Å². The lowest BCUT2D eigenvalue weighted by Gasteiger charge is -2.25. The standard InChI is InChI=1S/C17H24N4O3S/c1-4-24-14-6-8-15(9-7-14)25(22,23)20-13-5-10-16-18-19-17(12(2)3)21(16)11-13/h6-9,12-13,20H,4-5,10-11H2,1-3H3/t13-/m1/s1. The van der Waals surface area contributed by atoms with Gasteiger partial charge in [-0.25, -0.2) is 13.1 Å². The van der Waals surface area contributed by atoms with Gasteiger partial charge >= 0.3 is 0 Å². The van der Waals surface area contributed by atoms with E-state index in [1.807, 2.05) is 11.5 Å². The molecule has 8 heteroatoms. The summed E-state index contributed by atoms with van der Waals surface area (Å²) in [7, 11) is -3.57. The average Bonchev–Trinajstić information content (AvgIpc) is 2.98. The highest BCUT2D eigenvalue weighted by molar-refractivity contribution is 7.89. The third-order valence-corrected chi connectivity index (χ3v) is 5.80. The summed E-state index contributed by atoms with van der Waals surface area (Å²) < 4.78 is 35.5. The largest absolute Gasteiger partial charge is 0.494 e. The van der Waals surface area contributed by atoms with Crippen LogP contribution in [0.3, 0.4) is 0 Å². The Labute approximate surface area is 148 Å². The number of rotatable bonds is 6. The van der Waals surface area contributed by atoms with Gasteiger partial charge in [0.05, 0.1) is 11.5 Å². The van der Waals surface area contributed by atoms with Crippen LogP contribution in [0.1, 0.15) is 44.8 Å². The molecule has 136 valence electrons. The van der Waals surface area contributed by atoms with Crippen LogP contribution in [0.15, 0.2) is 29.2 Å². The van der Waals surface area contributed by atoms with Gasteiger partial charge in [-0.3, -0.25) is 0 Å². The number of aromatic nitrogens is 3. The number of hydrogen-bond acceptors (Lipinski definition) is 5. The number of nitrogens with zero attached hydrogens (tertiary/aromatic N) is 3. The monoisotopic (exact) mass is 364 g/mol. The molecule has 0 aliphatic carbocycles. The van der Waals surface area contributed by atoms with Gasteiger partial charge in [0.15, 0.2) is 0 Å². The Morgan fingerprint density at radius 3 is 2.64 bits per heavy atom. The molecule has 0 amide bonds. The molecule has 7 nitrogen and oxygen atoms in total. The highest BCUT2D eigenvalue weighted by atomic mass is 32.2. The van der Waals surface area contributed by atoms with Gasteiger partial charge < -0.3 is 9.30 Å². The molecule has 3 rings (SSSR count). The molecule has 0 bridgehead atoms. The van der Waals surface area contributed by atoms with E-state index in [-0.39, 0.29) is 16.9 Å². The van der Waals surface area contributed by atoms with Crippen LogP contribution in [-0.2, 0) is 23.0 Å². The fraction of sp³-hybridized carbons (Fsp3) is 0.529. The molecule has 1 aliphatic heterocycles. The van der Waals surface area contributed by atoms with Gasteiger partial charge in [-0.15, -0.1) is 10.2 Å². The minimum atomic E-state index is -3.57. The van der Waals surface area contributed by atoms with Crippen LogP contribution < -0.4 is 9.46 Å². The molecule has 25 heavy (non-hydrogen) atoms. The van der Waals surface area contributed by atoms with Crippen molar-refractivity contribution in [3.8, 4) is 5.75 Å². The van der Waals surface area contributed by atoms with Gasteiger partial charge in [-0.2, -0.15) is 0 Å². The number of aryl methyl sites for hydroxylation is 1. The van der Waals surface area contributed by atoms with Crippen molar-refractivity contribution in [2.45, 2.75) is 57.0 Å². The molecular weight excluding hydrogens is 340 g/mol. The second-order valence-electron chi connectivity index (χ2n) is 6.50. The van der Waals surface area contributed by atoms with Gasteiger partial charge in [0.25, 0.3) is 0 Å². The first-order valence-corrected chi connectivity index (χ1v) is 10.1. The van der Waals surface area contributed by atoms with E-state index < -0.39 is 10.0 Å². The summed E-state index contributed by atoms with van der Waals surface area (Å²) in [5, 5.41) is 8.45. The molecule has 2 aromatic rings. The Bertz CT molecular complexity index is 828. The minimum Gasteiger partial charge on any atom is -0.494 e. The van der Waals surface area contributed by atoms with Crippen molar-refractivity contribution in [3.05, 3.63) is 35.9 Å². The normalized spacial score (nSPS) is 17.5. The zero-order valence-corrected chi connectivity index (χ0v) is 15.6. The van der Waals surface area contributed by atoms with Gasteiger partial charge in [0, 0.05) is 24.9 Å². The second-order valence-corrected chi connectivity index (χ2v) is 8.22. The fourth-order valence-corrected chi connectivity index (χ4v) is 4.30. The van der Waals surface area contributed by atoms with Crippen molar-refractivity contribution in [1.82, 2.24) is 19.5 Å². The Hall–Kier alpha value is -1.93. The Kier molecular flexibility index (Phi) is 5.10. The smallest absolute Gasteiger partial charge is 0.240 e. The summed E-state index contributed by atoms with van der Waals surface area (Å²) in [4.78, 5) is 0.245. The van der Waals surface area contributed by atoms with E-state index in [9.17, 15) is 8.42 Å². The highest BCUT2D eigenvalue weighted by Crippen LogP contribution is 2.22. The van der Waals surface area contributed by atoms with Gasteiger partial charge in [0.2, 0.25) is 10.0 Å². The molecule has 0 fully saturated rings. The molecule has 1 atom stereocenters. The summed E-state index contributed by atoms with van der Waals surface area (Å²) in [5.74, 6) is 2.75. The summed E-state index contributed by atoms with van der Waals surface area (Å²) in [6.45, 7) is 7.12. The highest BCUT2D eigenvalue weighted by Gasteiger charge is 2.27. The van der Waals surface area contributed by atoms with Crippen LogP contribution in [0.25, 0.3) is 0 Å². The van der Waals surface area contributed by atoms with E-state index in [2.05, 4.69) is 28.8 Å². The van der Waals surface area contributed by atoms with Crippen molar-refractivity contribution in [2.75, 3.05) is 6.61 Å². The predicted octanol–water partition coefficient (Wildman–Crippen LogP) is 2.09. The summed E-state index contributed by atoms with van der Waals surface area (Å²) >= 11 is 0. The number of ether oxygens (including phenoxy) is 1. The maximum absolute atomic E-state index is 12.6. The maximum atomic E-state index is 12.6. The Balaban J connectivity index is 1.74. The van der Waals surface area contributed by atoms with Gasteiger partial charge in [-0.1, -0.05) is 13.8 Å². The molecule has 1 N–H and O–H groups in total. The quantitative estimate of drug-likeness (QED) is 0.848. The number of fused-ring (bicyclic) bond motifs is 1. The Morgan fingerprint density at radius 1 is 1.28 bits per heavy atom. The van der Waals surface area contributed by atoms with E-state index in [4.69, 9.17) is 4.74 Å². The topological polar surface area (TPSA) is 86.1 Å². The van der Waals surface area contributed by atoms with E-state index in [1.165, 1.54) is 0 Å². The molecule has 1 aliphatic rings.